The summed E-state index contributed by atoms with van der Waals surface area (Å²) < 4.78 is 0. The molecule has 0 fully saturated rings. The van der Waals surface area contributed by atoms with E-state index in [0.29, 0.717) is 16.5 Å². The van der Waals surface area contributed by atoms with Crippen molar-refractivity contribution >= 4 is 40.6 Å². The van der Waals surface area contributed by atoms with Gasteiger partial charge in [0.15, 0.2) is 5.82 Å². The molecule has 7 nitrogen and oxygen atoms in total. The van der Waals surface area contributed by atoms with E-state index in [1.165, 1.54) is 0 Å². The number of hydrogen-bond donors (Lipinski definition) is 3. The SMILES string of the molecule is N/C=C(/C(=O)NCC(N)=O)c1ncc(Cc2cc(Cl)ccc2Cl)cn1. The van der Waals surface area contributed by atoms with Crippen LogP contribution in [0.25, 0.3) is 5.57 Å². The van der Waals surface area contributed by atoms with Crippen LogP contribution in [0, 0.1) is 0 Å². The Morgan fingerprint density at radius 2 is 1.88 bits per heavy atom. The highest BCUT2D eigenvalue weighted by Crippen LogP contribution is 2.23. The largest absolute Gasteiger partial charge is 0.404 e. The maximum absolute atomic E-state index is 12.0. The zero-order chi connectivity index (χ0) is 18.4. The Kier molecular flexibility index (Phi) is 6.32. The molecule has 0 spiro atoms. The van der Waals surface area contributed by atoms with Crippen LogP contribution in [0.4, 0.5) is 0 Å². The molecule has 25 heavy (non-hydrogen) atoms. The van der Waals surface area contributed by atoms with Crippen LogP contribution in [0.3, 0.4) is 0 Å². The smallest absolute Gasteiger partial charge is 0.257 e. The molecule has 5 N–H and O–H groups in total. The number of primary amides is 1. The molecule has 0 aliphatic rings. The van der Waals surface area contributed by atoms with Gasteiger partial charge in [-0.25, -0.2) is 9.97 Å². The van der Waals surface area contributed by atoms with E-state index in [1.807, 2.05) is 0 Å². The number of carbonyl (C=O) groups excluding carboxylic acids is 2. The fourth-order valence-electron chi connectivity index (χ4n) is 2.00. The summed E-state index contributed by atoms with van der Waals surface area (Å²) in [7, 11) is 0. The first kappa shape index (κ1) is 18.7. The van der Waals surface area contributed by atoms with Crippen molar-refractivity contribution in [3.05, 3.63) is 63.8 Å². The van der Waals surface area contributed by atoms with Crippen molar-refractivity contribution in [2.24, 2.45) is 11.5 Å². The summed E-state index contributed by atoms with van der Waals surface area (Å²) in [5.74, 6) is -1.13. The van der Waals surface area contributed by atoms with Crippen LogP contribution in [-0.4, -0.2) is 28.3 Å². The molecule has 0 radical (unpaired) electrons. The third-order valence-corrected chi connectivity index (χ3v) is 3.79. The molecule has 1 aromatic heterocycles. The minimum Gasteiger partial charge on any atom is -0.404 e. The number of rotatable bonds is 6. The molecule has 0 aliphatic heterocycles. The van der Waals surface area contributed by atoms with Crippen molar-refractivity contribution in [1.82, 2.24) is 15.3 Å². The fourth-order valence-corrected chi connectivity index (χ4v) is 2.38. The van der Waals surface area contributed by atoms with Gasteiger partial charge in [-0.3, -0.25) is 9.59 Å². The minimum absolute atomic E-state index is 0.0357. The summed E-state index contributed by atoms with van der Waals surface area (Å²) in [6.45, 7) is -0.304. The molecule has 9 heteroatoms. The zero-order valence-corrected chi connectivity index (χ0v) is 14.5. The minimum atomic E-state index is -0.667. The van der Waals surface area contributed by atoms with E-state index in [1.54, 1.807) is 30.6 Å². The normalized spacial score (nSPS) is 11.2. The number of benzene rings is 1. The van der Waals surface area contributed by atoms with Gasteiger partial charge in [-0.1, -0.05) is 23.2 Å². The molecule has 2 aromatic rings. The Morgan fingerprint density at radius 1 is 1.20 bits per heavy atom. The molecule has 0 atom stereocenters. The first-order valence-electron chi connectivity index (χ1n) is 7.14. The first-order valence-corrected chi connectivity index (χ1v) is 7.90. The predicted octanol–water partition coefficient (Wildman–Crippen LogP) is 1.28. The topological polar surface area (TPSA) is 124 Å². The molecule has 2 rings (SSSR count). The quantitative estimate of drug-likeness (QED) is 0.651. The Bertz CT molecular complexity index is 822. The van der Waals surface area contributed by atoms with E-state index >= 15 is 0 Å². The second-order valence-corrected chi connectivity index (χ2v) is 5.90. The standard InChI is InChI=1S/C16H15Cl2N5O2/c17-11-1-2-13(18)10(4-11)3-9-6-21-15(22-7-9)12(5-19)16(25)23-8-14(20)24/h1-2,4-7H,3,8,19H2,(H2,20,24)(H,23,25)/b12-5+. The van der Waals surface area contributed by atoms with Crippen molar-refractivity contribution in [3.8, 4) is 0 Å². The number of nitrogens with one attached hydrogen (secondary N) is 1. The summed E-state index contributed by atoms with van der Waals surface area (Å²) in [5.41, 5.74) is 12.1. The van der Waals surface area contributed by atoms with Gasteiger partial charge in [0, 0.05) is 35.1 Å². The molecule has 0 saturated heterocycles. The van der Waals surface area contributed by atoms with Crippen molar-refractivity contribution in [3.63, 3.8) is 0 Å². The van der Waals surface area contributed by atoms with Crippen LogP contribution in [0.5, 0.6) is 0 Å². The summed E-state index contributed by atoms with van der Waals surface area (Å²) in [5, 5.41) is 3.49. The molecule has 0 aliphatic carbocycles. The highest BCUT2D eigenvalue weighted by molar-refractivity contribution is 6.33. The predicted molar refractivity (Wildman–Crippen MR) is 95.7 cm³/mol. The van der Waals surface area contributed by atoms with Crippen molar-refractivity contribution < 1.29 is 9.59 Å². The lowest BCUT2D eigenvalue weighted by atomic mass is 10.1. The van der Waals surface area contributed by atoms with Crippen LogP contribution in [-0.2, 0) is 16.0 Å². The fraction of sp³-hybridized carbons (Fsp3) is 0.125. The Hall–Kier alpha value is -2.64. The van der Waals surface area contributed by atoms with E-state index < -0.39 is 11.8 Å². The number of hydrogen-bond acceptors (Lipinski definition) is 5. The van der Waals surface area contributed by atoms with Gasteiger partial charge in [0.1, 0.15) is 0 Å². The van der Waals surface area contributed by atoms with Crippen molar-refractivity contribution in [2.75, 3.05) is 6.54 Å². The van der Waals surface area contributed by atoms with Gasteiger partial charge in [-0.15, -0.1) is 0 Å². The van der Waals surface area contributed by atoms with Crippen molar-refractivity contribution in [1.29, 1.82) is 0 Å². The molecule has 0 saturated carbocycles. The van der Waals surface area contributed by atoms with E-state index in [2.05, 4.69) is 15.3 Å². The van der Waals surface area contributed by atoms with E-state index in [9.17, 15) is 9.59 Å². The second kappa shape index (κ2) is 8.46. The van der Waals surface area contributed by atoms with Crippen LogP contribution in [0.2, 0.25) is 10.0 Å². The number of nitrogens with two attached hydrogens (primary N) is 2. The summed E-state index contributed by atoms with van der Waals surface area (Å²) in [4.78, 5) is 31.0. The number of amides is 2. The number of aromatic nitrogens is 2. The molecule has 0 unspecified atom stereocenters. The molecule has 1 heterocycles. The Balaban J connectivity index is 2.14. The van der Waals surface area contributed by atoms with Gasteiger partial charge in [-0.05, 0) is 29.3 Å². The van der Waals surface area contributed by atoms with Gasteiger partial charge in [-0.2, -0.15) is 0 Å². The molecule has 1 aromatic carbocycles. The lowest BCUT2D eigenvalue weighted by molar-refractivity contribution is -0.121. The van der Waals surface area contributed by atoms with E-state index in [0.717, 1.165) is 17.3 Å². The number of nitrogens with zero attached hydrogens (tertiary/aromatic N) is 2. The third kappa shape index (κ3) is 5.17. The van der Waals surface area contributed by atoms with Crippen LogP contribution in [0.15, 0.2) is 36.8 Å². The van der Waals surface area contributed by atoms with Gasteiger partial charge < -0.3 is 16.8 Å². The second-order valence-electron chi connectivity index (χ2n) is 5.06. The average molecular weight is 380 g/mol. The molecule has 0 bridgehead atoms. The highest BCUT2D eigenvalue weighted by atomic mass is 35.5. The highest BCUT2D eigenvalue weighted by Gasteiger charge is 2.15. The maximum atomic E-state index is 12.0. The van der Waals surface area contributed by atoms with Crippen LogP contribution < -0.4 is 16.8 Å². The first-order chi connectivity index (χ1) is 11.9. The summed E-state index contributed by atoms with van der Waals surface area (Å²) in [6.07, 6.45) is 4.67. The number of halogens is 2. The average Bonchev–Trinajstić information content (AvgIpc) is 2.58. The maximum Gasteiger partial charge on any atom is 0.257 e. The van der Waals surface area contributed by atoms with Gasteiger partial charge in [0.05, 0.1) is 12.1 Å². The summed E-state index contributed by atoms with van der Waals surface area (Å²) >= 11 is 12.1. The Labute approximate surface area is 154 Å². The lowest BCUT2D eigenvalue weighted by Crippen LogP contribution is -2.34. The lowest BCUT2D eigenvalue weighted by Gasteiger charge is -2.08. The molecule has 130 valence electrons. The Morgan fingerprint density at radius 3 is 2.48 bits per heavy atom. The van der Waals surface area contributed by atoms with Crippen LogP contribution in [0.1, 0.15) is 17.0 Å². The third-order valence-electron chi connectivity index (χ3n) is 3.18. The molecule has 2 amide bonds. The van der Waals surface area contributed by atoms with E-state index in [-0.39, 0.29) is 17.9 Å². The van der Waals surface area contributed by atoms with Gasteiger partial charge in [0.2, 0.25) is 5.91 Å². The van der Waals surface area contributed by atoms with Gasteiger partial charge in [0.25, 0.3) is 5.91 Å². The molecular formula is C16H15Cl2N5O2. The summed E-state index contributed by atoms with van der Waals surface area (Å²) in [6, 6.07) is 5.18. The van der Waals surface area contributed by atoms with Crippen LogP contribution >= 0.6 is 23.2 Å². The monoisotopic (exact) mass is 379 g/mol. The number of carbonyl (C=O) groups is 2. The van der Waals surface area contributed by atoms with Gasteiger partial charge >= 0.3 is 0 Å². The van der Waals surface area contributed by atoms with Crippen molar-refractivity contribution in [2.45, 2.75) is 6.42 Å². The zero-order valence-electron chi connectivity index (χ0n) is 13.0. The van der Waals surface area contributed by atoms with E-state index in [4.69, 9.17) is 34.7 Å². The molecular weight excluding hydrogens is 365 g/mol.